The topological polar surface area (TPSA) is 81.7 Å². The average Bonchev–Trinajstić information content (AvgIpc) is 2.15. The molecule has 4 nitrogen and oxygen atoms in total. The van der Waals surface area contributed by atoms with Crippen LogP contribution in [0.1, 0.15) is 11.1 Å². The highest BCUT2D eigenvalue weighted by atomic mass is 32.2. The van der Waals surface area contributed by atoms with Crippen molar-refractivity contribution in [2.45, 2.75) is 4.90 Å². The lowest BCUT2D eigenvalue weighted by Gasteiger charge is -1.98. The summed E-state index contributed by atoms with van der Waals surface area (Å²) in [6, 6.07) is 8.32. The molecular formula is C9H5N2O2S. The van der Waals surface area contributed by atoms with E-state index in [4.69, 9.17) is 10.5 Å². The van der Waals surface area contributed by atoms with Crippen LogP contribution in [0.25, 0.3) is 0 Å². The van der Waals surface area contributed by atoms with Crippen molar-refractivity contribution in [3.63, 3.8) is 0 Å². The van der Waals surface area contributed by atoms with Gasteiger partial charge in [0.15, 0.2) is 9.84 Å². The number of nitriles is 2. The van der Waals surface area contributed by atoms with Gasteiger partial charge >= 0.3 is 0 Å². The molecule has 0 N–H and O–H groups in total. The highest BCUT2D eigenvalue weighted by Crippen LogP contribution is 2.13. The van der Waals surface area contributed by atoms with Crippen molar-refractivity contribution in [2.75, 3.05) is 6.26 Å². The summed E-state index contributed by atoms with van der Waals surface area (Å²) >= 11 is 0. The van der Waals surface area contributed by atoms with Gasteiger partial charge in [0.05, 0.1) is 16.0 Å². The van der Waals surface area contributed by atoms with E-state index >= 15 is 0 Å². The van der Waals surface area contributed by atoms with Gasteiger partial charge in [0, 0.05) is 12.3 Å². The van der Waals surface area contributed by atoms with E-state index in [-0.39, 0.29) is 16.0 Å². The summed E-state index contributed by atoms with van der Waals surface area (Å²) in [5.74, 6) is 0. The lowest BCUT2D eigenvalue weighted by molar-refractivity contribution is 0.601. The number of rotatable bonds is 1. The molecule has 14 heavy (non-hydrogen) atoms. The standard InChI is InChI=1S/C9H5N2O2S/c1-14(12,13)9-3-2-7(5-10)8(4-9)6-11/h2,4H,1H3. The van der Waals surface area contributed by atoms with Gasteiger partial charge in [-0.05, 0) is 12.1 Å². The molecule has 0 heterocycles. The van der Waals surface area contributed by atoms with Crippen LogP contribution in [0.15, 0.2) is 17.0 Å². The number of hydrogen-bond donors (Lipinski definition) is 0. The molecule has 0 unspecified atom stereocenters. The summed E-state index contributed by atoms with van der Waals surface area (Å²) < 4.78 is 22.2. The summed E-state index contributed by atoms with van der Waals surface area (Å²) in [4.78, 5) is -0.0759. The summed E-state index contributed by atoms with van der Waals surface area (Å²) in [7, 11) is -3.38. The first-order valence-corrected chi connectivity index (χ1v) is 5.44. The Bertz CT molecular complexity index is 547. The highest BCUT2D eigenvalue weighted by Gasteiger charge is 2.10. The predicted molar refractivity (Wildman–Crippen MR) is 47.8 cm³/mol. The second-order valence-corrected chi connectivity index (χ2v) is 4.60. The van der Waals surface area contributed by atoms with Crippen LogP contribution in [0.2, 0.25) is 0 Å². The van der Waals surface area contributed by atoms with E-state index in [0.29, 0.717) is 0 Å². The van der Waals surface area contributed by atoms with Crippen LogP contribution in [0, 0.1) is 28.7 Å². The molecule has 0 aromatic heterocycles. The Hall–Kier alpha value is -1.85. The Balaban J connectivity index is 3.47. The lowest BCUT2D eigenvalue weighted by atomic mass is 10.1. The monoisotopic (exact) mass is 205 g/mol. The summed E-state index contributed by atoms with van der Waals surface area (Å²) in [6.45, 7) is 0. The first-order chi connectivity index (χ1) is 6.49. The fraction of sp³-hybridized carbons (Fsp3) is 0.111. The minimum absolute atomic E-state index is 0.0478. The van der Waals surface area contributed by atoms with Crippen molar-refractivity contribution in [3.8, 4) is 12.1 Å². The van der Waals surface area contributed by atoms with E-state index < -0.39 is 9.84 Å². The maximum atomic E-state index is 11.1. The van der Waals surface area contributed by atoms with E-state index in [1.807, 2.05) is 0 Å². The van der Waals surface area contributed by atoms with Crippen LogP contribution >= 0.6 is 0 Å². The maximum absolute atomic E-state index is 11.1. The van der Waals surface area contributed by atoms with Crippen LogP contribution in [-0.2, 0) is 9.84 Å². The molecule has 0 aliphatic rings. The van der Waals surface area contributed by atoms with E-state index in [2.05, 4.69) is 6.07 Å². The summed E-state index contributed by atoms with van der Waals surface area (Å²) in [5.41, 5.74) is 0.173. The zero-order valence-corrected chi connectivity index (χ0v) is 8.09. The highest BCUT2D eigenvalue weighted by molar-refractivity contribution is 7.90. The molecule has 0 saturated carbocycles. The third kappa shape index (κ3) is 1.90. The maximum Gasteiger partial charge on any atom is 0.176 e. The molecule has 1 radical (unpaired) electrons. The Kier molecular flexibility index (Phi) is 2.55. The van der Waals surface area contributed by atoms with Gasteiger partial charge < -0.3 is 0 Å². The number of hydrogen-bond acceptors (Lipinski definition) is 4. The van der Waals surface area contributed by atoms with E-state index in [1.54, 1.807) is 12.1 Å². The minimum Gasteiger partial charge on any atom is -0.224 e. The van der Waals surface area contributed by atoms with Crippen LogP contribution in [-0.4, -0.2) is 14.7 Å². The number of benzene rings is 1. The van der Waals surface area contributed by atoms with E-state index in [9.17, 15) is 8.42 Å². The Labute approximate surface area is 81.9 Å². The van der Waals surface area contributed by atoms with Crippen LogP contribution in [0.5, 0.6) is 0 Å². The van der Waals surface area contributed by atoms with Gasteiger partial charge in [-0.15, -0.1) is 0 Å². The van der Waals surface area contributed by atoms with E-state index in [1.165, 1.54) is 6.07 Å². The molecule has 5 heteroatoms. The Morgan fingerprint density at radius 2 is 1.86 bits per heavy atom. The summed E-state index contributed by atoms with van der Waals surface area (Å²) in [5, 5.41) is 17.2. The van der Waals surface area contributed by atoms with Gasteiger partial charge in [-0.25, -0.2) is 8.42 Å². The van der Waals surface area contributed by atoms with Crippen molar-refractivity contribution in [1.29, 1.82) is 10.5 Å². The SMILES string of the molecule is CS(=O)(=O)c1[c]cc(C#N)c(C#N)c1. The van der Waals surface area contributed by atoms with Gasteiger partial charge in [-0.1, -0.05) is 0 Å². The van der Waals surface area contributed by atoms with Crippen molar-refractivity contribution in [2.24, 2.45) is 0 Å². The molecule has 1 aromatic rings. The van der Waals surface area contributed by atoms with Crippen molar-refractivity contribution < 1.29 is 8.42 Å². The molecule has 0 atom stereocenters. The number of nitrogens with zero attached hydrogens (tertiary/aromatic N) is 2. The average molecular weight is 205 g/mol. The molecule has 0 saturated heterocycles. The predicted octanol–water partition coefficient (Wildman–Crippen LogP) is 0.634. The van der Waals surface area contributed by atoms with Crippen LogP contribution < -0.4 is 0 Å². The smallest absolute Gasteiger partial charge is 0.176 e. The molecule has 0 bridgehead atoms. The minimum atomic E-state index is -3.38. The molecule has 0 spiro atoms. The molecule has 0 amide bonds. The zero-order chi connectivity index (χ0) is 10.8. The molecule has 0 aliphatic carbocycles. The second-order valence-electron chi connectivity index (χ2n) is 2.62. The third-order valence-corrected chi connectivity index (χ3v) is 2.60. The van der Waals surface area contributed by atoms with Gasteiger partial charge in [-0.2, -0.15) is 10.5 Å². The van der Waals surface area contributed by atoms with Gasteiger partial charge in [0.25, 0.3) is 0 Å². The first-order valence-electron chi connectivity index (χ1n) is 3.55. The molecule has 0 aliphatic heterocycles. The summed E-state index contributed by atoms with van der Waals surface area (Å²) in [6.07, 6.45) is 1.02. The Morgan fingerprint density at radius 1 is 1.29 bits per heavy atom. The van der Waals surface area contributed by atoms with E-state index in [0.717, 1.165) is 12.3 Å². The normalized spacial score (nSPS) is 10.2. The molecule has 69 valence electrons. The van der Waals surface area contributed by atoms with Crippen molar-refractivity contribution in [3.05, 3.63) is 29.3 Å². The van der Waals surface area contributed by atoms with Crippen LogP contribution in [0.4, 0.5) is 0 Å². The molecule has 0 fully saturated rings. The first kappa shape index (κ1) is 10.2. The fourth-order valence-corrected chi connectivity index (χ4v) is 1.48. The van der Waals surface area contributed by atoms with Gasteiger partial charge in [0.2, 0.25) is 0 Å². The van der Waals surface area contributed by atoms with Gasteiger partial charge in [0.1, 0.15) is 12.1 Å². The zero-order valence-electron chi connectivity index (χ0n) is 7.27. The Morgan fingerprint density at radius 3 is 2.29 bits per heavy atom. The molecule has 1 rings (SSSR count). The molecule has 1 aromatic carbocycles. The fourth-order valence-electron chi connectivity index (χ4n) is 0.871. The van der Waals surface area contributed by atoms with Gasteiger partial charge in [-0.3, -0.25) is 0 Å². The third-order valence-electron chi connectivity index (χ3n) is 1.56. The van der Waals surface area contributed by atoms with Crippen molar-refractivity contribution >= 4 is 9.84 Å². The largest absolute Gasteiger partial charge is 0.224 e. The molecular weight excluding hydrogens is 200 g/mol. The quantitative estimate of drug-likeness (QED) is 0.673. The number of sulfone groups is 1. The second kappa shape index (κ2) is 3.49. The van der Waals surface area contributed by atoms with Crippen molar-refractivity contribution in [1.82, 2.24) is 0 Å². The lowest BCUT2D eigenvalue weighted by Crippen LogP contribution is -1.98. The van der Waals surface area contributed by atoms with Crippen LogP contribution in [0.3, 0.4) is 0 Å².